The largest absolute Gasteiger partial charge is 0.502 e. The second-order valence-electron chi connectivity index (χ2n) is 5.20. The van der Waals surface area contributed by atoms with Crippen molar-refractivity contribution >= 4 is 13.1 Å². The van der Waals surface area contributed by atoms with Gasteiger partial charge in [-0.3, -0.25) is 0 Å². The van der Waals surface area contributed by atoms with E-state index in [1.807, 2.05) is 0 Å². The molecule has 98 valence electrons. The zero-order valence-electron chi connectivity index (χ0n) is 10.1. The van der Waals surface area contributed by atoms with Crippen molar-refractivity contribution in [1.82, 2.24) is 5.32 Å². The highest BCUT2D eigenvalue weighted by molar-refractivity contribution is 6.64. The first kappa shape index (κ1) is 13.9. The number of alkyl carbamates (subject to hydrolysis) is 1. The first-order valence-corrected chi connectivity index (χ1v) is 5.45. The van der Waals surface area contributed by atoms with Crippen LogP contribution in [0.3, 0.4) is 0 Å². The van der Waals surface area contributed by atoms with Crippen LogP contribution in [0.25, 0.3) is 0 Å². The average molecular weight is 250 g/mol. The van der Waals surface area contributed by atoms with Gasteiger partial charge in [-0.25, -0.2) is 4.79 Å². The molecule has 1 amide bonds. The van der Waals surface area contributed by atoms with E-state index in [1.165, 1.54) is 0 Å². The minimum Gasteiger partial charge on any atom is -0.445 e. The highest BCUT2D eigenvalue weighted by atomic mass is 19.4. The van der Waals surface area contributed by atoms with Gasteiger partial charge in [0.15, 0.2) is 0 Å². The average Bonchev–Trinajstić information content (AvgIpc) is 1.93. The van der Waals surface area contributed by atoms with E-state index in [4.69, 9.17) is 4.74 Å². The van der Waals surface area contributed by atoms with E-state index in [0.29, 0.717) is 11.5 Å². The molecule has 1 rings (SSSR count). The Balaban J connectivity index is 2.31. The van der Waals surface area contributed by atoms with Gasteiger partial charge in [-0.05, 0) is 33.6 Å². The van der Waals surface area contributed by atoms with Crippen molar-refractivity contribution in [3.05, 3.63) is 11.5 Å². The molecule has 0 atom stereocenters. The molecule has 0 aliphatic heterocycles. The van der Waals surface area contributed by atoms with E-state index in [1.54, 1.807) is 20.8 Å². The molecule has 17 heavy (non-hydrogen) atoms. The number of ether oxygens (including phenoxy) is 1. The quantitative estimate of drug-likeness (QED) is 0.765. The maximum Gasteiger partial charge on any atom is 0.502 e. The van der Waals surface area contributed by atoms with E-state index in [-0.39, 0.29) is 18.9 Å². The number of nitrogens with one attached hydrogen (secondary N) is 1. The summed E-state index contributed by atoms with van der Waals surface area (Å²) in [5, 5.41) is 2.53. The minimum atomic E-state index is -4.87. The number of amides is 1. The molecule has 0 saturated heterocycles. The van der Waals surface area contributed by atoms with Crippen molar-refractivity contribution in [3.63, 3.8) is 0 Å². The summed E-state index contributed by atoms with van der Waals surface area (Å²) < 4.78 is 41.0. The molecule has 1 N–H and O–H groups in total. The molecular weight excluding hydrogens is 234 g/mol. The van der Waals surface area contributed by atoms with E-state index in [9.17, 15) is 17.7 Å². The maximum atomic E-state index is 12.0. The molecule has 3 nitrogen and oxygen atoms in total. The van der Waals surface area contributed by atoms with Crippen LogP contribution in [0, 0.1) is 0 Å². The van der Waals surface area contributed by atoms with E-state index >= 15 is 0 Å². The van der Waals surface area contributed by atoms with Gasteiger partial charge in [0.1, 0.15) is 5.60 Å². The van der Waals surface area contributed by atoms with Crippen molar-refractivity contribution in [2.45, 2.75) is 45.3 Å². The summed E-state index contributed by atoms with van der Waals surface area (Å²) in [7, 11) is 0. The fourth-order valence-corrected chi connectivity index (χ4v) is 1.55. The van der Waals surface area contributed by atoms with Gasteiger partial charge in [0, 0.05) is 6.04 Å². The number of hydrogen-bond acceptors (Lipinski definition) is 2. The predicted octanol–water partition coefficient (Wildman–Crippen LogP) is 2.99. The zero-order valence-corrected chi connectivity index (χ0v) is 10.1. The summed E-state index contributed by atoms with van der Waals surface area (Å²) >= 11 is 0. The van der Waals surface area contributed by atoms with Gasteiger partial charge >= 0.3 is 13.1 Å². The van der Waals surface area contributed by atoms with Crippen LogP contribution in [0.5, 0.6) is 0 Å². The van der Waals surface area contributed by atoms with Crippen molar-refractivity contribution < 1.29 is 22.5 Å². The molecule has 0 spiro atoms. The molecule has 0 bridgehead atoms. The summed E-state index contributed by atoms with van der Waals surface area (Å²) in [5.41, 5.74) is -0.264. The van der Waals surface area contributed by atoms with E-state index in [2.05, 4.69) is 5.32 Å². The molecule has 0 aromatic rings. The van der Waals surface area contributed by atoms with Crippen LogP contribution in [0.2, 0.25) is 0 Å². The lowest BCUT2D eigenvalue weighted by molar-refractivity contribution is 0.0494. The number of hydrogen-bond donors (Lipinski definition) is 1. The molecule has 1 aliphatic rings. The Hall–Kier alpha value is -1.14. The molecule has 0 heterocycles. The summed E-state index contributed by atoms with van der Waals surface area (Å²) in [4.78, 5) is 11.3. The Morgan fingerprint density at radius 2 is 1.94 bits per heavy atom. The topological polar surface area (TPSA) is 38.3 Å². The van der Waals surface area contributed by atoms with Crippen LogP contribution < -0.4 is 5.32 Å². The third kappa shape index (κ3) is 5.65. The van der Waals surface area contributed by atoms with Crippen molar-refractivity contribution in [2.75, 3.05) is 0 Å². The molecule has 0 aromatic heterocycles. The molecule has 1 fully saturated rings. The lowest BCUT2D eigenvalue weighted by atomic mass is 9.77. The second-order valence-corrected chi connectivity index (χ2v) is 5.20. The SMILES string of the molecule is CC(C)(C)OC(=O)NC1CC(=C[B-](F)(F)F)C1. The molecular formula is C10H16BF3NO2-. The third-order valence-electron chi connectivity index (χ3n) is 2.16. The van der Waals surface area contributed by atoms with Gasteiger partial charge in [0.2, 0.25) is 0 Å². The Kier molecular flexibility index (Phi) is 3.79. The molecule has 1 saturated carbocycles. The summed E-state index contributed by atoms with van der Waals surface area (Å²) in [6.45, 7) is 0.310. The van der Waals surface area contributed by atoms with Crippen LogP contribution in [-0.2, 0) is 4.74 Å². The first-order chi connectivity index (χ1) is 7.55. The zero-order chi connectivity index (χ0) is 13.3. The Morgan fingerprint density at radius 3 is 2.35 bits per heavy atom. The van der Waals surface area contributed by atoms with Crippen molar-refractivity contribution in [3.8, 4) is 0 Å². The number of rotatable bonds is 2. The van der Waals surface area contributed by atoms with Gasteiger partial charge < -0.3 is 23.0 Å². The Morgan fingerprint density at radius 1 is 1.41 bits per heavy atom. The van der Waals surface area contributed by atoms with Gasteiger partial charge in [0.05, 0.1) is 0 Å². The fraction of sp³-hybridized carbons (Fsp3) is 0.700. The lowest BCUT2D eigenvalue weighted by Crippen LogP contribution is -2.43. The molecule has 0 unspecified atom stereocenters. The first-order valence-electron chi connectivity index (χ1n) is 5.45. The molecule has 1 aliphatic carbocycles. The van der Waals surface area contributed by atoms with Crippen LogP contribution in [0.15, 0.2) is 11.5 Å². The van der Waals surface area contributed by atoms with Gasteiger partial charge in [0.25, 0.3) is 0 Å². The molecule has 0 radical (unpaired) electrons. The molecule has 7 heteroatoms. The standard InChI is InChI=1S/C10H16BF3NO2/c1-10(2,3)17-9(16)15-8-4-7(5-8)6-11(12,13)14/h6,8H,4-5H2,1-3H3,(H,15,16)/q-1. The third-order valence-corrected chi connectivity index (χ3v) is 2.16. The minimum absolute atomic E-state index is 0.241. The van der Waals surface area contributed by atoms with Crippen molar-refractivity contribution in [2.24, 2.45) is 0 Å². The number of halogens is 3. The van der Waals surface area contributed by atoms with Gasteiger partial charge in [-0.1, -0.05) is 5.57 Å². The Bertz CT molecular complexity index is 325. The smallest absolute Gasteiger partial charge is 0.445 e. The highest BCUT2D eigenvalue weighted by Gasteiger charge is 2.29. The van der Waals surface area contributed by atoms with Crippen molar-refractivity contribution in [1.29, 1.82) is 0 Å². The van der Waals surface area contributed by atoms with Gasteiger partial charge in [-0.2, -0.15) is 0 Å². The summed E-state index contributed by atoms with van der Waals surface area (Å²) in [6.07, 6.45) is -0.0832. The monoisotopic (exact) mass is 250 g/mol. The van der Waals surface area contributed by atoms with E-state index in [0.717, 1.165) is 0 Å². The van der Waals surface area contributed by atoms with Gasteiger partial charge in [-0.15, -0.1) is 5.98 Å². The summed E-state index contributed by atoms with van der Waals surface area (Å²) in [5.74, 6) is 0.354. The van der Waals surface area contributed by atoms with Crippen LogP contribution in [0.4, 0.5) is 17.7 Å². The van der Waals surface area contributed by atoms with E-state index < -0.39 is 18.7 Å². The number of carbonyl (C=O) groups is 1. The maximum absolute atomic E-state index is 12.0. The predicted molar refractivity (Wildman–Crippen MR) is 59.6 cm³/mol. The Labute approximate surface area is 98.5 Å². The fourth-order valence-electron chi connectivity index (χ4n) is 1.55. The lowest BCUT2D eigenvalue weighted by Gasteiger charge is -2.32. The van der Waals surface area contributed by atoms with Crippen LogP contribution in [-0.4, -0.2) is 24.7 Å². The van der Waals surface area contributed by atoms with Crippen LogP contribution >= 0.6 is 0 Å². The molecule has 0 aromatic carbocycles. The normalized spacial score (nSPS) is 20.6. The highest BCUT2D eigenvalue weighted by Crippen LogP contribution is 2.29. The summed E-state index contributed by atoms with van der Waals surface area (Å²) in [6, 6.07) is -0.241. The van der Waals surface area contributed by atoms with Crippen LogP contribution in [0.1, 0.15) is 33.6 Å². The second kappa shape index (κ2) is 4.62. The number of carbonyl (C=O) groups excluding carboxylic acids is 1.